The van der Waals surface area contributed by atoms with E-state index in [-0.39, 0.29) is 0 Å². The minimum absolute atomic E-state index is 0.447. The average Bonchev–Trinajstić information content (AvgIpc) is 2.04. The molecular formula is C9H20N2. The first-order valence-corrected chi connectivity index (χ1v) is 4.73. The largest absolute Gasteiger partial charge is 0.330 e. The molecule has 0 aromatic carbocycles. The Morgan fingerprint density at radius 2 is 2.00 bits per heavy atom. The quantitative estimate of drug-likeness (QED) is 0.629. The zero-order valence-electron chi connectivity index (χ0n) is 7.42. The summed E-state index contributed by atoms with van der Waals surface area (Å²) in [6.07, 6.45) is 4.86. The van der Waals surface area contributed by atoms with Crippen molar-refractivity contribution < 1.29 is 0 Å². The van der Waals surface area contributed by atoms with Crippen molar-refractivity contribution in [3.63, 3.8) is 0 Å². The molecule has 0 aromatic rings. The standard InChI is InChI=1S/C9H20N2/c1-2-7-5-9(11)4-3-8(7)6-10/h7-9H,2-6,10-11H2,1H3. The van der Waals surface area contributed by atoms with Crippen LogP contribution in [0, 0.1) is 11.8 Å². The van der Waals surface area contributed by atoms with Crippen molar-refractivity contribution in [1.29, 1.82) is 0 Å². The smallest absolute Gasteiger partial charge is 0.00416 e. The van der Waals surface area contributed by atoms with E-state index in [1.54, 1.807) is 0 Å². The van der Waals surface area contributed by atoms with Crippen LogP contribution in [-0.4, -0.2) is 12.6 Å². The predicted octanol–water partition coefficient (Wildman–Crippen LogP) is 1.10. The highest BCUT2D eigenvalue weighted by atomic mass is 14.7. The van der Waals surface area contributed by atoms with Crippen molar-refractivity contribution in [2.45, 2.75) is 38.6 Å². The van der Waals surface area contributed by atoms with Gasteiger partial charge in [0.25, 0.3) is 0 Å². The summed E-state index contributed by atoms with van der Waals surface area (Å²) in [6.45, 7) is 3.09. The van der Waals surface area contributed by atoms with Crippen molar-refractivity contribution in [2.24, 2.45) is 23.3 Å². The maximum atomic E-state index is 5.88. The van der Waals surface area contributed by atoms with E-state index in [2.05, 4.69) is 6.92 Å². The van der Waals surface area contributed by atoms with Crippen LogP contribution in [-0.2, 0) is 0 Å². The topological polar surface area (TPSA) is 52.0 Å². The van der Waals surface area contributed by atoms with Crippen LogP contribution < -0.4 is 11.5 Å². The van der Waals surface area contributed by atoms with E-state index in [1.165, 1.54) is 25.7 Å². The molecule has 0 radical (unpaired) electrons. The van der Waals surface area contributed by atoms with Gasteiger partial charge in [-0.05, 0) is 37.6 Å². The summed E-state index contributed by atoms with van der Waals surface area (Å²) < 4.78 is 0. The Hall–Kier alpha value is -0.0800. The Morgan fingerprint density at radius 3 is 2.55 bits per heavy atom. The monoisotopic (exact) mass is 156 g/mol. The van der Waals surface area contributed by atoms with Gasteiger partial charge in [-0.25, -0.2) is 0 Å². The number of nitrogens with two attached hydrogens (primary N) is 2. The maximum absolute atomic E-state index is 5.88. The molecule has 0 spiro atoms. The molecule has 1 saturated carbocycles. The van der Waals surface area contributed by atoms with Gasteiger partial charge in [-0.1, -0.05) is 13.3 Å². The third-order valence-corrected chi connectivity index (χ3v) is 3.01. The van der Waals surface area contributed by atoms with Crippen molar-refractivity contribution in [3.05, 3.63) is 0 Å². The molecule has 3 unspecified atom stereocenters. The second-order valence-corrected chi connectivity index (χ2v) is 3.74. The van der Waals surface area contributed by atoms with Crippen LogP contribution in [0.2, 0.25) is 0 Å². The summed E-state index contributed by atoms with van der Waals surface area (Å²) in [5.41, 5.74) is 11.6. The molecule has 11 heavy (non-hydrogen) atoms. The van der Waals surface area contributed by atoms with E-state index in [4.69, 9.17) is 11.5 Å². The van der Waals surface area contributed by atoms with E-state index < -0.39 is 0 Å². The molecule has 66 valence electrons. The van der Waals surface area contributed by atoms with Crippen molar-refractivity contribution in [3.8, 4) is 0 Å². The summed E-state index contributed by atoms with van der Waals surface area (Å²) in [6, 6.07) is 0.447. The van der Waals surface area contributed by atoms with Gasteiger partial charge in [-0.2, -0.15) is 0 Å². The maximum Gasteiger partial charge on any atom is 0.00416 e. The van der Waals surface area contributed by atoms with Gasteiger partial charge in [0.1, 0.15) is 0 Å². The SMILES string of the molecule is CCC1CC(N)CCC1CN. The number of rotatable bonds is 2. The van der Waals surface area contributed by atoms with E-state index in [9.17, 15) is 0 Å². The first-order valence-electron chi connectivity index (χ1n) is 4.73. The van der Waals surface area contributed by atoms with Crippen LogP contribution in [0.1, 0.15) is 32.6 Å². The summed E-state index contributed by atoms with van der Waals surface area (Å²) >= 11 is 0. The fourth-order valence-electron chi connectivity index (χ4n) is 2.17. The minimum Gasteiger partial charge on any atom is -0.330 e. The molecule has 2 nitrogen and oxygen atoms in total. The summed E-state index contributed by atoms with van der Waals surface area (Å²) in [5, 5.41) is 0. The van der Waals surface area contributed by atoms with Gasteiger partial charge >= 0.3 is 0 Å². The summed E-state index contributed by atoms with van der Waals surface area (Å²) in [5.74, 6) is 1.54. The van der Waals surface area contributed by atoms with Crippen LogP contribution in [0.25, 0.3) is 0 Å². The highest BCUT2D eigenvalue weighted by Crippen LogP contribution is 2.30. The molecule has 1 fully saturated rings. The third-order valence-electron chi connectivity index (χ3n) is 3.01. The summed E-state index contributed by atoms with van der Waals surface area (Å²) in [7, 11) is 0. The second-order valence-electron chi connectivity index (χ2n) is 3.74. The molecule has 0 heterocycles. The van der Waals surface area contributed by atoms with Gasteiger partial charge in [-0.3, -0.25) is 0 Å². The minimum atomic E-state index is 0.447. The third kappa shape index (κ3) is 2.17. The molecule has 1 aliphatic carbocycles. The number of hydrogen-bond donors (Lipinski definition) is 2. The molecule has 1 aliphatic rings. The normalized spacial score (nSPS) is 39.0. The Morgan fingerprint density at radius 1 is 1.27 bits per heavy atom. The molecule has 4 N–H and O–H groups in total. The van der Waals surface area contributed by atoms with Gasteiger partial charge < -0.3 is 11.5 Å². The molecule has 1 rings (SSSR count). The zero-order valence-corrected chi connectivity index (χ0v) is 7.42. The van der Waals surface area contributed by atoms with Crippen molar-refractivity contribution in [2.75, 3.05) is 6.54 Å². The predicted molar refractivity (Wildman–Crippen MR) is 48.2 cm³/mol. The zero-order chi connectivity index (χ0) is 8.27. The van der Waals surface area contributed by atoms with E-state index >= 15 is 0 Å². The molecule has 0 bridgehead atoms. The molecule has 0 amide bonds. The molecule has 2 heteroatoms. The lowest BCUT2D eigenvalue weighted by Gasteiger charge is -2.33. The fraction of sp³-hybridized carbons (Fsp3) is 1.00. The average molecular weight is 156 g/mol. The van der Waals surface area contributed by atoms with E-state index in [0.29, 0.717) is 6.04 Å². The molecule has 0 aliphatic heterocycles. The lowest BCUT2D eigenvalue weighted by Crippen LogP contribution is -2.36. The van der Waals surface area contributed by atoms with Gasteiger partial charge in [-0.15, -0.1) is 0 Å². The number of hydrogen-bond acceptors (Lipinski definition) is 2. The molecule has 3 atom stereocenters. The van der Waals surface area contributed by atoms with Crippen molar-refractivity contribution in [1.82, 2.24) is 0 Å². The highest BCUT2D eigenvalue weighted by Gasteiger charge is 2.26. The van der Waals surface area contributed by atoms with Crippen LogP contribution in [0.4, 0.5) is 0 Å². The first-order chi connectivity index (χ1) is 5.27. The summed E-state index contributed by atoms with van der Waals surface area (Å²) in [4.78, 5) is 0. The van der Waals surface area contributed by atoms with E-state index in [1.807, 2.05) is 0 Å². The van der Waals surface area contributed by atoms with Gasteiger partial charge in [0, 0.05) is 6.04 Å². The van der Waals surface area contributed by atoms with Crippen molar-refractivity contribution >= 4 is 0 Å². The highest BCUT2D eigenvalue weighted by molar-refractivity contribution is 4.81. The first kappa shape index (κ1) is 9.01. The Labute approximate surface area is 69.3 Å². The Balaban J connectivity index is 2.41. The van der Waals surface area contributed by atoms with E-state index in [0.717, 1.165) is 18.4 Å². The molecule has 0 aromatic heterocycles. The molecular weight excluding hydrogens is 136 g/mol. The van der Waals surface area contributed by atoms with Crippen LogP contribution in [0.3, 0.4) is 0 Å². The second kappa shape index (κ2) is 4.07. The fourth-order valence-corrected chi connectivity index (χ4v) is 2.17. The Kier molecular flexibility index (Phi) is 3.34. The van der Waals surface area contributed by atoms with Crippen LogP contribution in [0.5, 0.6) is 0 Å². The van der Waals surface area contributed by atoms with Crippen LogP contribution >= 0.6 is 0 Å². The van der Waals surface area contributed by atoms with Gasteiger partial charge in [0.05, 0.1) is 0 Å². The molecule has 0 saturated heterocycles. The van der Waals surface area contributed by atoms with Gasteiger partial charge in [0.15, 0.2) is 0 Å². The van der Waals surface area contributed by atoms with Crippen LogP contribution in [0.15, 0.2) is 0 Å². The van der Waals surface area contributed by atoms with Gasteiger partial charge in [0.2, 0.25) is 0 Å². The lowest BCUT2D eigenvalue weighted by molar-refractivity contribution is 0.216. The Bertz CT molecular complexity index is 114. The lowest BCUT2D eigenvalue weighted by atomic mass is 9.76.